The molecular weight excluding hydrogens is 542 g/mol. The predicted octanol–water partition coefficient (Wildman–Crippen LogP) is 5.88. The molecule has 1 saturated heterocycles. The molecule has 1 N–H and O–H groups in total. The monoisotopic (exact) mass is 589 g/mol. The third kappa shape index (κ3) is 9.37. The van der Waals surface area contributed by atoms with Crippen LogP contribution in [0.4, 0.5) is 5.69 Å². The van der Waals surface area contributed by atoms with E-state index in [-0.39, 0.29) is 5.91 Å². The Bertz CT molecular complexity index is 1280. The molecular formula is C35H47N3O5. The quantitative estimate of drug-likeness (QED) is 0.252. The topological polar surface area (TPSA) is 72.5 Å². The second-order valence-electron chi connectivity index (χ2n) is 11.2. The largest absolute Gasteiger partial charge is 0.493 e. The van der Waals surface area contributed by atoms with Crippen LogP contribution < -0.4 is 24.3 Å². The molecule has 43 heavy (non-hydrogen) atoms. The Hall–Kier alpha value is -3.75. The molecule has 8 nitrogen and oxygen atoms in total. The van der Waals surface area contributed by atoms with E-state index in [9.17, 15) is 4.79 Å². The molecule has 0 atom stereocenters. The van der Waals surface area contributed by atoms with Gasteiger partial charge in [0.05, 0.1) is 21.3 Å². The van der Waals surface area contributed by atoms with Crippen molar-refractivity contribution in [3.8, 4) is 23.0 Å². The van der Waals surface area contributed by atoms with Crippen molar-refractivity contribution in [2.45, 2.75) is 46.1 Å². The van der Waals surface area contributed by atoms with Crippen molar-refractivity contribution in [3.63, 3.8) is 0 Å². The average Bonchev–Trinajstić information content (AvgIpc) is 3.25. The number of methoxy groups -OCH3 is 3. The first kappa shape index (κ1) is 32.2. The zero-order valence-electron chi connectivity index (χ0n) is 26.4. The summed E-state index contributed by atoms with van der Waals surface area (Å²) in [6.07, 6.45) is 3.38. The summed E-state index contributed by atoms with van der Waals surface area (Å²) in [5, 5.41) is 3.15. The molecule has 0 aromatic heterocycles. The fourth-order valence-corrected chi connectivity index (χ4v) is 5.65. The van der Waals surface area contributed by atoms with Gasteiger partial charge in [-0.2, -0.15) is 0 Å². The van der Waals surface area contributed by atoms with Crippen LogP contribution in [0.2, 0.25) is 0 Å². The molecule has 0 aliphatic carbocycles. The second kappa shape index (κ2) is 16.2. The van der Waals surface area contributed by atoms with E-state index in [0.29, 0.717) is 30.3 Å². The average molecular weight is 590 g/mol. The van der Waals surface area contributed by atoms with E-state index in [1.807, 2.05) is 56.3 Å². The van der Waals surface area contributed by atoms with Gasteiger partial charge in [0.25, 0.3) is 0 Å². The van der Waals surface area contributed by atoms with Gasteiger partial charge in [-0.25, -0.2) is 0 Å². The summed E-state index contributed by atoms with van der Waals surface area (Å²) in [5.74, 6) is 2.89. The number of nitrogens with one attached hydrogen (secondary N) is 1. The Kier molecular flexibility index (Phi) is 12.1. The molecule has 3 aromatic carbocycles. The molecule has 4 rings (SSSR count). The number of hydrogen-bond acceptors (Lipinski definition) is 7. The van der Waals surface area contributed by atoms with Crippen LogP contribution in [-0.2, 0) is 17.8 Å². The van der Waals surface area contributed by atoms with Crippen LogP contribution in [0.3, 0.4) is 0 Å². The number of benzene rings is 3. The number of aryl methyl sites for hydroxylation is 2. The van der Waals surface area contributed by atoms with Gasteiger partial charge in [0.2, 0.25) is 11.7 Å². The molecule has 1 amide bonds. The highest BCUT2D eigenvalue weighted by molar-refractivity contribution is 5.92. The second-order valence-corrected chi connectivity index (χ2v) is 11.2. The van der Waals surface area contributed by atoms with E-state index in [1.165, 1.54) is 5.56 Å². The minimum atomic E-state index is 0.0611. The smallest absolute Gasteiger partial charge is 0.224 e. The standard InChI is InChI=1S/C35H47N3O5/c1-26-21-30(43-25-28-11-7-6-8-12-28)22-27(2)34(26)36-33(39)13-9-15-37-16-10-17-38(20-19-37)18-14-29-23-31(40-3)35(42-5)32(24-29)41-4/h6-8,11-12,21-24H,9-10,13-20,25H2,1-5H3,(H,36,39). The van der Waals surface area contributed by atoms with Gasteiger partial charge in [-0.1, -0.05) is 30.3 Å². The summed E-state index contributed by atoms with van der Waals surface area (Å²) < 4.78 is 22.5. The molecule has 0 spiro atoms. The van der Waals surface area contributed by atoms with Crippen LogP contribution in [0.1, 0.15) is 41.5 Å². The maximum atomic E-state index is 12.8. The fraction of sp³-hybridized carbons (Fsp3) is 0.457. The minimum Gasteiger partial charge on any atom is -0.493 e. The molecule has 0 bridgehead atoms. The zero-order valence-corrected chi connectivity index (χ0v) is 26.4. The molecule has 0 unspecified atom stereocenters. The fourth-order valence-electron chi connectivity index (χ4n) is 5.65. The Morgan fingerprint density at radius 2 is 1.42 bits per heavy atom. The van der Waals surface area contributed by atoms with Crippen LogP contribution in [0.5, 0.6) is 23.0 Å². The lowest BCUT2D eigenvalue weighted by molar-refractivity contribution is -0.116. The minimum absolute atomic E-state index is 0.0611. The van der Waals surface area contributed by atoms with Gasteiger partial charge in [0.15, 0.2) is 11.5 Å². The molecule has 232 valence electrons. The lowest BCUT2D eigenvalue weighted by atomic mass is 10.1. The third-order valence-corrected chi connectivity index (χ3v) is 8.02. The number of amides is 1. The highest BCUT2D eigenvalue weighted by Crippen LogP contribution is 2.38. The van der Waals surface area contributed by atoms with Crippen molar-refractivity contribution in [1.82, 2.24) is 9.80 Å². The maximum absolute atomic E-state index is 12.8. The van der Waals surface area contributed by atoms with Crippen LogP contribution in [0, 0.1) is 13.8 Å². The number of hydrogen-bond donors (Lipinski definition) is 1. The van der Waals surface area contributed by atoms with Crippen molar-refractivity contribution in [2.24, 2.45) is 0 Å². The van der Waals surface area contributed by atoms with Crippen LogP contribution >= 0.6 is 0 Å². The summed E-state index contributed by atoms with van der Waals surface area (Å²) >= 11 is 0. The number of rotatable bonds is 14. The van der Waals surface area contributed by atoms with Crippen LogP contribution in [-0.4, -0.2) is 76.3 Å². The SMILES string of the molecule is COc1cc(CCN2CCCN(CCCC(=O)Nc3c(C)cc(OCc4ccccc4)cc3C)CC2)cc(OC)c1OC. The number of carbonyl (C=O) groups is 1. The van der Waals surface area contributed by atoms with Gasteiger partial charge in [-0.05, 0) is 99.3 Å². The van der Waals surface area contributed by atoms with Crippen LogP contribution in [0.25, 0.3) is 0 Å². The molecule has 1 heterocycles. The molecule has 0 saturated carbocycles. The van der Waals surface area contributed by atoms with Crippen LogP contribution in [0.15, 0.2) is 54.6 Å². The van der Waals surface area contributed by atoms with Crippen molar-refractivity contribution in [1.29, 1.82) is 0 Å². The van der Waals surface area contributed by atoms with Crippen molar-refractivity contribution >= 4 is 11.6 Å². The summed E-state index contributed by atoms with van der Waals surface area (Å²) in [6.45, 7) is 10.6. The molecule has 1 aliphatic rings. The van der Waals surface area contributed by atoms with E-state index < -0.39 is 0 Å². The third-order valence-electron chi connectivity index (χ3n) is 8.02. The number of ether oxygens (including phenoxy) is 4. The molecule has 0 radical (unpaired) electrons. The van der Waals surface area contributed by atoms with E-state index >= 15 is 0 Å². The molecule has 8 heteroatoms. The molecule has 1 aliphatic heterocycles. The van der Waals surface area contributed by atoms with Gasteiger partial charge in [-0.3, -0.25) is 4.79 Å². The van der Waals surface area contributed by atoms with E-state index in [0.717, 1.165) is 86.7 Å². The summed E-state index contributed by atoms with van der Waals surface area (Å²) in [4.78, 5) is 17.8. The number of nitrogens with zero attached hydrogens (tertiary/aromatic N) is 2. The highest BCUT2D eigenvalue weighted by atomic mass is 16.5. The van der Waals surface area contributed by atoms with E-state index in [1.54, 1.807) is 21.3 Å². The molecule has 3 aromatic rings. The zero-order chi connectivity index (χ0) is 30.6. The van der Waals surface area contributed by atoms with Crippen molar-refractivity contribution in [3.05, 3.63) is 76.9 Å². The predicted molar refractivity (Wildman–Crippen MR) is 172 cm³/mol. The number of carbonyl (C=O) groups excluding carboxylic acids is 1. The van der Waals surface area contributed by atoms with Gasteiger partial charge in [0, 0.05) is 31.7 Å². The number of anilines is 1. The van der Waals surface area contributed by atoms with Crippen molar-refractivity contribution < 1.29 is 23.7 Å². The lowest BCUT2D eigenvalue weighted by Gasteiger charge is -2.22. The Morgan fingerprint density at radius 1 is 0.791 bits per heavy atom. The Balaban J connectivity index is 1.19. The Labute approximate surface area is 256 Å². The first-order chi connectivity index (χ1) is 20.9. The normalized spacial score (nSPS) is 14.2. The lowest BCUT2D eigenvalue weighted by Crippen LogP contribution is -2.32. The van der Waals surface area contributed by atoms with Gasteiger partial charge in [-0.15, -0.1) is 0 Å². The summed E-state index contributed by atoms with van der Waals surface area (Å²) in [7, 11) is 4.92. The Morgan fingerprint density at radius 3 is 2.02 bits per heavy atom. The van der Waals surface area contributed by atoms with Gasteiger partial charge in [0.1, 0.15) is 12.4 Å². The summed E-state index contributed by atoms with van der Waals surface area (Å²) in [5.41, 5.74) is 5.20. The highest BCUT2D eigenvalue weighted by Gasteiger charge is 2.17. The van der Waals surface area contributed by atoms with Gasteiger partial charge >= 0.3 is 0 Å². The first-order valence-electron chi connectivity index (χ1n) is 15.2. The first-order valence-corrected chi connectivity index (χ1v) is 15.2. The van der Waals surface area contributed by atoms with Gasteiger partial charge < -0.3 is 34.1 Å². The maximum Gasteiger partial charge on any atom is 0.224 e. The van der Waals surface area contributed by atoms with E-state index in [2.05, 4.69) is 27.2 Å². The summed E-state index contributed by atoms with van der Waals surface area (Å²) in [6, 6.07) is 18.2. The molecule has 1 fully saturated rings. The van der Waals surface area contributed by atoms with Crippen molar-refractivity contribution in [2.75, 3.05) is 65.9 Å². The van der Waals surface area contributed by atoms with E-state index in [4.69, 9.17) is 18.9 Å².